The van der Waals surface area contributed by atoms with Crippen molar-refractivity contribution in [1.29, 1.82) is 0 Å². The Bertz CT molecular complexity index is 282. The minimum Gasteiger partial charge on any atom is -0.241 e. The van der Waals surface area contributed by atoms with Gasteiger partial charge < -0.3 is 0 Å². The molecule has 0 unspecified atom stereocenters. The number of thiocarbonyl (C=S) groups is 1. The fourth-order valence-corrected chi connectivity index (χ4v) is 0.786. The third-order valence-corrected chi connectivity index (χ3v) is 1.25. The molecule has 5 nitrogen and oxygen atoms in total. The second kappa shape index (κ2) is 5.50. The second-order valence-electron chi connectivity index (χ2n) is 5.15. The molecule has 0 aromatic carbocycles. The van der Waals surface area contributed by atoms with Crippen molar-refractivity contribution in [3.63, 3.8) is 0 Å². The molecular formula is C10H18N2O3S. The maximum atomic E-state index is 10.1. The Labute approximate surface area is 101 Å². The first-order chi connectivity index (χ1) is 7.05. The molecule has 0 amide bonds. The minimum absolute atomic E-state index is 0.111. The third kappa shape index (κ3) is 7.48. The highest BCUT2D eigenvalue weighted by Gasteiger charge is 2.25. The Morgan fingerprint density at radius 1 is 1.12 bits per heavy atom. The maximum Gasteiger partial charge on any atom is 0.259 e. The van der Waals surface area contributed by atoms with Gasteiger partial charge in [-0.05, 0) is 53.8 Å². The lowest BCUT2D eigenvalue weighted by molar-refractivity contribution is -0.384. The standard InChI is InChI=1S/C10H18N2O3S/c1-9(2,3)14-12(8(16)11-7-13)15-10(4,5)6/h1-6H3. The fourth-order valence-electron chi connectivity index (χ4n) is 0.674. The first kappa shape index (κ1) is 15.2. The van der Waals surface area contributed by atoms with Crippen molar-refractivity contribution in [2.24, 2.45) is 4.99 Å². The first-order valence-electron chi connectivity index (χ1n) is 4.85. The summed E-state index contributed by atoms with van der Waals surface area (Å²) in [5, 5.41) is 0.861. The Morgan fingerprint density at radius 2 is 1.50 bits per heavy atom. The minimum atomic E-state index is -0.506. The topological polar surface area (TPSA) is 51.1 Å². The normalized spacial score (nSPS) is 11.9. The molecule has 0 N–H and O–H groups in total. The largest absolute Gasteiger partial charge is 0.259 e. The van der Waals surface area contributed by atoms with Gasteiger partial charge in [0.25, 0.3) is 5.11 Å². The van der Waals surface area contributed by atoms with Crippen LogP contribution in [0.25, 0.3) is 0 Å². The number of rotatable bonds is 2. The quantitative estimate of drug-likeness (QED) is 0.324. The van der Waals surface area contributed by atoms with Crippen LogP contribution in [0, 0.1) is 0 Å². The van der Waals surface area contributed by atoms with E-state index in [1.165, 1.54) is 6.08 Å². The molecule has 0 rings (SSSR count). The number of hydrogen-bond acceptors (Lipinski definition) is 4. The van der Waals surface area contributed by atoms with Gasteiger partial charge >= 0.3 is 0 Å². The zero-order chi connectivity index (χ0) is 13.0. The highest BCUT2D eigenvalue weighted by molar-refractivity contribution is 7.80. The van der Waals surface area contributed by atoms with Crippen molar-refractivity contribution < 1.29 is 14.5 Å². The Kier molecular flexibility index (Phi) is 5.22. The number of aliphatic imine (C=N–C) groups is 1. The van der Waals surface area contributed by atoms with Gasteiger partial charge in [-0.3, -0.25) is 0 Å². The monoisotopic (exact) mass is 246 g/mol. The third-order valence-electron chi connectivity index (χ3n) is 1.01. The molecule has 0 radical (unpaired) electrons. The van der Waals surface area contributed by atoms with E-state index in [-0.39, 0.29) is 5.11 Å². The van der Waals surface area contributed by atoms with E-state index in [4.69, 9.17) is 21.9 Å². The summed E-state index contributed by atoms with van der Waals surface area (Å²) in [6, 6.07) is 0. The van der Waals surface area contributed by atoms with Crippen LogP contribution in [0.4, 0.5) is 0 Å². The number of hydroxylamine groups is 2. The van der Waals surface area contributed by atoms with E-state index >= 15 is 0 Å². The van der Waals surface area contributed by atoms with Crippen molar-refractivity contribution >= 4 is 23.4 Å². The molecule has 0 aliphatic carbocycles. The predicted molar refractivity (Wildman–Crippen MR) is 64.2 cm³/mol. The summed E-state index contributed by atoms with van der Waals surface area (Å²) in [4.78, 5) is 24.3. The number of hydrogen-bond donors (Lipinski definition) is 0. The first-order valence-corrected chi connectivity index (χ1v) is 5.26. The number of nitrogens with zero attached hydrogens (tertiary/aromatic N) is 2. The van der Waals surface area contributed by atoms with E-state index < -0.39 is 11.2 Å². The lowest BCUT2D eigenvalue weighted by Gasteiger charge is -2.32. The van der Waals surface area contributed by atoms with E-state index in [0.29, 0.717) is 0 Å². The van der Waals surface area contributed by atoms with Crippen molar-refractivity contribution in [2.45, 2.75) is 52.7 Å². The average Bonchev–Trinajstić information content (AvgIpc) is 1.97. The molecule has 0 saturated carbocycles. The van der Waals surface area contributed by atoms with Gasteiger partial charge in [0.1, 0.15) is 0 Å². The summed E-state index contributed by atoms with van der Waals surface area (Å²) in [6.45, 7) is 11.0. The van der Waals surface area contributed by atoms with Crippen LogP contribution in [0.2, 0.25) is 0 Å². The lowest BCUT2D eigenvalue weighted by Crippen LogP contribution is -2.41. The molecule has 0 heterocycles. The number of isocyanates is 1. The van der Waals surface area contributed by atoms with Gasteiger partial charge in [0.15, 0.2) is 0 Å². The van der Waals surface area contributed by atoms with E-state index in [0.717, 1.165) is 5.23 Å². The molecule has 0 aliphatic rings. The molecule has 0 aromatic rings. The van der Waals surface area contributed by atoms with E-state index in [9.17, 15) is 4.79 Å². The van der Waals surface area contributed by atoms with Crippen LogP contribution in [-0.2, 0) is 14.5 Å². The molecule has 0 atom stereocenters. The average molecular weight is 246 g/mol. The Hall–Kier alpha value is -0.810. The highest BCUT2D eigenvalue weighted by Crippen LogP contribution is 2.17. The summed E-state index contributed by atoms with van der Waals surface area (Å²) in [5.41, 5.74) is -1.01. The van der Waals surface area contributed by atoms with Crippen LogP contribution in [-0.4, -0.2) is 27.6 Å². The molecule has 0 saturated heterocycles. The van der Waals surface area contributed by atoms with Gasteiger partial charge in [-0.15, -0.1) is 4.99 Å². The van der Waals surface area contributed by atoms with Crippen molar-refractivity contribution in [3.05, 3.63) is 0 Å². The van der Waals surface area contributed by atoms with Crippen molar-refractivity contribution in [2.75, 3.05) is 0 Å². The summed E-state index contributed by atoms with van der Waals surface area (Å²) in [5.74, 6) is 0. The summed E-state index contributed by atoms with van der Waals surface area (Å²) < 4.78 is 0. The van der Waals surface area contributed by atoms with Crippen molar-refractivity contribution in [1.82, 2.24) is 5.23 Å². The van der Waals surface area contributed by atoms with Gasteiger partial charge in [0.05, 0.1) is 11.2 Å². The molecule has 0 spiro atoms. The zero-order valence-electron chi connectivity index (χ0n) is 10.5. The van der Waals surface area contributed by atoms with E-state index in [1.54, 1.807) is 0 Å². The van der Waals surface area contributed by atoms with Gasteiger partial charge in [-0.25, -0.2) is 14.5 Å². The zero-order valence-corrected chi connectivity index (χ0v) is 11.3. The van der Waals surface area contributed by atoms with E-state index in [1.807, 2.05) is 41.5 Å². The SMILES string of the molecule is CC(C)(C)ON(OC(C)(C)C)C(=S)N=C=O. The fraction of sp³-hybridized carbons (Fsp3) is 0.800. The van der Waals surface area contributed by atoms with Crippen molar-refractivity contribution in [3.8, 4) is 0 Å². The van der Waals surface area contributed by atoms with Crippen LogP contribution >= 0.6 is 12.2 Å². The molecule has 0 bridgehead atoms. The van der Waals surface area contributed by atoms with Gasteiger partial charge in [-0.2, -0.15) is 0 Å². The van der Waals surface area contributed by atoms with E-state index in [2.05, 4.69) is 4.99 Å². The summed E-state index contributed by atoms with van der Waals surface area (Å²) in [6.07, 6.45) is 1.35. The van der Waals surface area contributed by atoms with Crippen LogP contribution in [0.5, 0.6) is 0 Å². The smallest absolute Gasteiger partial charge is 0.241 e. The predicted octanol–water partition coefficient (Wildman–Crippen LogP) is 2.37. The Morgan fingerprint density at radius 3 is 1.75 bits per heavy atom. The maximum absolute atomic E-state index is 10.1. The molecular weight excluding hydrogens is 228 g/mol. The van der Waals surface area contributed by atoms with Gasteiger partial charge in [-0.1, -0.05) is 5.23 Å². The van der Waals surface area contributed by atoms with Gasteiger partial charge in [0.2, 0.25) is 6.08 Å². The summed E-state index contributed by atoms with van der Waals surface area (Å²) in [7, 11) is 0. The van der Waals surface area contributed by atoms with Crippen LogP contribution < -0.4 is 0 Å². The van der Waals surface area contributed by atoms with Crippen LogP contribution in [0.15, 0.2) is 4.99 Å². The molecule has 92 valence electrons. The molecule has 0 aliphatic heterocycles. The van der Waals surface area contributed by atoms with Crippen LogP contribution in [0.1, 0.15) is 41.5 Å². The van der Waals surface area contributed by atoms with Gasteiger partial charge in [0, 0.05) is 0 Å². The Balaban J connectivity index is 4.77. The highest BCUT2D eigenvalue weighted by atomic mass is 32.1. The number of carbonyl (C=O) groups excluding carboxylic acids is 1. The lowest BCUT2D eigenvalue weighted by atomic mass is 10.2. The van der Waals surface area contributed by atoms with Crippen LogP contribution in [0.3, 0.4) is 0 Å². The second-order valence-corrected chi connectivity index (χ2v) is 5.52. The summed E-state index contributed by atoms with van der Waals surface area (Å²) >= 11 is 4.86. The molecule has 0 aromatic heterocycles. The molecule has 0 fully saturated rings. The molecule has 6 heteroatoms. The molecule has 16 heavy (non-hydrogen) atoms.